The molecule has 0 saturated carbocycles. The first-order valence-corrected chi connectivity index (χ1v) is 4.21. The summed E-state index contributed by atoms with van der Waals surface area (Å²) in [5, 5.41) is 10.7. The van der Waals surface area contributed by atoms with Gasteiger partial charge in [-0.05, 0) is 12.8 Å². The van der Waals surface area contributed by atoms with Crippen LogP contribution < -0.4 is 11.1 Å². The minimum absolute atomic E-state index is 0.0125. The van der Waals surface area contributed by atoms with E-state index in [1.807, 2.05) is 6.07 Å². The van der Waals surface area contributed by atoms with Crippen molar-refractivity contribution in [3.63, 3.8) is 0 Å². The summed E-state index contributed by atoms with van der Waals surface area (Å²) in [6, 6.07) is 1.84. The van der Waals surface area contributed by atoms with Crippen molar-refractivity contribution in [3.8, 4) is 6.07 Å². The maximum Gasteiger partial charge on any atom is 0.241 e. The lowest BCUT2D eigenvalue weighted by atomic mass is 9.90. The van der Waals surface area contributed by atoms with Gasteiger partial charge in [-0.25, -0.2) is 0 Å². The number of nitrogens with one attached hydrogen (secondary N) is 1. The van der Waals surface area contributed by atoms with E-state index in [2.05, 4.69) is 5.32 Å². The van der Waals surface area contributed by atoms with Crippen molar-refractivity contribution >= 4 is 5.91 Å². The molecule has 0 aromatic rings. The van der Waals surface area contributed by atoms with Crippen molar-refractivity contribution in [2.24, 2.45) is 5.73 Å². The second-order valence-electron chi connectivity index (χ2n) is 3.11. The molecular formula is C8H13N3O2. The Morgan fingerprint density at radius 3 is 2.77 bits per heavy atom. The van der Waals surface area contributed by atoms with Crippen LogP contribution in [0.15, 0.2) is 0 Å². The van der Waals surface area contributed by atoms with E-state index < -0.39 is 5.54 Å². The second kappa shape index (κ2) is 4.21. The van der Waals surface area contributed by atoms with Crippen LogP contribution in [0.25, 0.3) is 0 Å². The monoisotopic (exact) mass is 183 g/mol. The number of nitrogens with two attached hydrogens (primary N) is 1. The van der Waals surface area contributed by atoms with Crippen molar-refractivity contribution in [2.45, 2.75) is 18.4 Å². The number of amides is 1. The molecule has 0 aliphatic carbocycles. The fourth-order valence-corrected chi connectivity index (χ4v) is 1.26. The van der Waals surface area contributed by atoms with Crippen LogP contribution in [0.4, 0.5) is 0 Å². The van der Waals surface area contributed by atoms with Crippen LogP contribution in [0.2, 0.25) is 0 Å². The number of rotatable bonds is 2. The van der Waals surface area contributed by atoms with E-state index in [1.165, 1.54) is 0 Å². The van der Waals surface area contributed by atoms with Crippen LogP contribution in [-0.4, -0.2) is 31.2 Å². The zero-order valence-corrected chi connectivity index (χ0v) is 7.38. The van der Waals surface area contributed by atoms with Crippen LogP contribution in [0, 0.1) is 11.3 Å². The van der Waals surface area contributed by atoms with Crippen molar-refractivity contribution in [2.75, 3.05) is 19.8 Å². The van der Waals surface area contributed by atoms with Gasteiger partial charge in [-0.15, -0.1) is 0 Å². The molecule has 0 unspecified atom stereocenters. The number of carbonyl (C=O) groups excluding carboxylic acids is 1. The molecule has 1 aliphatic rings. The third kappa shape index (κ3) is 2.41. The highest BCUT2D eigenvalue weighted by Gasteiger charge is 2.35. The summed E-state index contributed by atoms with van der Waals surface area (Å²) in [4.78, 5) is 11.4. The highest BCUT2D eigenvalue weighted by atomic mass is 16.5. The van der Waals surface area contributed by atoms with Crippen molar-refractivity contribution < 1.29 is 9.53 Å². The zero-order valence-electron chi connectivity index (χ0n) is 7.38. The molecule has 1 heterocycles. The summed E-state index contributed by atoms with van der Waals surface area (Å²) in [5.74, 6) is -0.252. The quantitative estimate of drug-likeness (QED) is 0.545. The maximum atomic E-state index is 11.4. The summed E-state index contributed by atoms with van der Waals surface area (Å²) in [6.07, 6.45) is 1.04. The molecule has 1 aliphatic heterocycles. The molecule has 0 spiro atoms. The molecule has 1 rings (SSSR count). The van der Waals surface area contributed by atoms with Crippen molar-refractivity contribution in [3.05, 3.63) is 0 Å². The normalized spacial score (nSPS) is 20.3. The molecule has 0 atom stereocenters. The van der Waals surface area contributed by atoms with E-state index in [4.69, 9.17) is 15.7 Å². The van der Waals surface area contributed by atoms with Crippen LogP contribution in [0.5, 0.6) is 0 Å². The molecule has 72 valence electrons. The van der Waals surface area contributed by atoms with E-state index in [0.717, 1.165) is 0 Å². The topological polar surface area (TPSA) is 88.1 Å². The van der Waals surface area contributed by atoms with E-state index >= 15 is 0 Å². The lowest BCUT2D eigenvalue weighted by Gasteiger charge is -2.31. The van der Waals surface area contributed by atoms with Gasteiger partial charge in [-0.1, -0.05) is 0 Å². The molecular weight excluding hydrogens is 170 g/mol. The van der Waals surface area contributed by atoms with Gasteiger partial charge in [-0.2, -0.15) is 5.26 Å². The molecule has 13 heavy (non-hydrogen) atoms. The highest BCUT2D eigenvalue weighted by Crippen LogP contribution is 2.17. The van der Waals surface area contributed by atoms with Gasteiger partial charge in [0.15, 0.2) is 0 Å². The average molecular weight is 183 g/mol. The van der Waals surface area contributed by atoms with Gasteiger partial charge < -0.3 is 15.8 Å². The summed E-state index contributed by atoms with van der Waals surface area (Å²) in [5.41, 5.74) is 5.00. The van der Waals surface area contributed by atoms with Crippen LogP contribution in [0.3, 0.4) is 0 Å². The molecule has 3 N–H and O–H groups in total. The molecule has 0 aromatic heterocycles. The smallest absolute Gasteiger partial charge is 0.241 e. The number of nitrogens with zero attached hydrogens (tertiary/aromatic N) is 1. The molecule has 5 heteroatoms. The number of hydrogen-bond acceptors (Lipinski definition) is 4. The lowest BCUT2D eigenvalue weighted by molar-refractivity contribution is -0.129. The van der Waals surface area contributed by atoms with Crippen LogP contribution in [0.1, 0.15) is 12.8 Å². The average Bonchev–Trinajstić information content (AvgIpc) is 2.15. The van der Waals surface area contributed by atoms with E-state index in [1.54, 1.807) is 0 Å². The number of hydrogen-bond donors (Lipinski definition) is 2. The van der Waals surface area contributed by atoms with Crippen molar-refractivity contribution in [1.29, 1.82) is 5.26 Å². The predicted molar refractivity (Wildman–Crippen MR) is 45.6 cm³/mol. The summed E-state index contributed by atoms with van der Waals surface area (Å²) < 4.78 is 5.09. The summed E-state index contributed by atoms with van der Waals surface area (Å²) in [7, 11) is 0. The summed E-state index contributed by atoms with van der Waals surface area (Å²) in [6.45, 7) is 1.03. The van der Waals surface area contributed by atoms with E-state index in [-0.39, 0.29) is 12.5 Å². The molecule has 5 nitrogen and oxygen atoms in total. The maximum absolute atomic E-state index is 11.4. The Balaban J connectivity index is 2.47. The second-order valence-corrected chi connectivity index (χ2v) is 3.11. The molecule has 0 aromatic carbocycles. The minimum atomic E-state index is -0.838. The first kappa shape index (κ1) is 9.96. The van der Waals surface area contributed by atoms with Gasteiger partial charge >= 0.3 is 0 Å². The first-order valence-electron chi connectivity index (χ1n) is 4.21. The van der Waals surface area contributed by atoms with Crippen molar-refractivity contribution in [1.82, 2.24) is 5.32 Å². The highest BCUT2D eigenvalue weighted by molar-refractivity contribution is 5.86. The molecule has 1 saturated heterocycles. The Kier molecular flexibility index (Phi) is 3.23. The third-order valence-electron chi connectivity index (χ3n) is 2.17. The largest absolute Gasteiger partial charge is 0.381 e. The molecule has 0 radical (unpaired) electrons. The Morgan fingerprint density at radius 2 is 2.23 bits per heavy atom. The van der Waals surface area contributed by atoms with Crippen LogP contribution >= 0.6 is 0 Å². The minimum Gasteiger partial charge on any atom is -0.381 e. The van der Waals surface area contributed by atoms with Gasteiger partial charge in [0.1, 0.15) is 6.54 Å². The number of ether oxygens (including phenoxy) is 1. The Morgan fingerprint density at radius 1 is 1.62 bits per heavy atom. The SMILES string of the molecule is N#CCNC(=O)C1(N)CCOCC1. The van der Waals surface area contributed by atoms with Gasteiger partial charge in [0.05, 0.1) is 11.6 Å². The molecule has 0 bridgehead atoms. The number of nitriles is 1. The number of carbonyl (C=O) groups is 1. The first-order chi connectivity index (χ1) is 6.19. The fourth-order valence-electron chi connectivity index (χ4n) is 1.26. The van der Waals surface area contributed by atoms with Gasteiger partial charge in [-0.3, -0.25) is 4.79 Å². The van der Waals surface area contributed by atoms with Crippen LogP contribution in [-0.2, 0) is 9.53 Å². The standard InChI is InChI=1S/C8H13N3O2/c9-3-4-11-7(12)8(10)1-5-13-6-2-8/h1-2,4-6,10H2,(H,11,12). The molecule has 1 amide bonds. The third-order valence-corrected chi connectivity index (χ3v) is 2.17. The predicted octanol–water partition coefficient (Wildman–Crippen LogP) is -0.866. The van der Waals surface area contributed by atoms with Gasteiger partial charge in [0.25, 0.3) is 0 Å². The van der Waals surface area contributed by atoms with Gasteiger partial charge in [0, 0.05) is 13.2 Å². The lowest BCUT2D eigenvalue weighted by Crippen LogP contribution is -2.56. The fraction of sp³-hybridized carbons (Fsp3) is 0.750. The Hall–Kier alpha value is -1.12. The zero-order chi connectivity index (χ0) is 9.73. The Bertz CT molecular complexity index is 228. The summed E-state index contributed by atoms with van der Waals surface area (Å²) >= 11 is 0. The van der Waals surface area contributed by atoms with E-state index in [0.29, 0.717) is 26.1 Å². The van der Waals surface area contributed by atoms with E-state index in [9.17, 15) is 4.79 Å². The molecule has 1 fully saturated rings. The Labute approximate surface area is 76.8 Å². The van der Waals surface area contributed by atoms with Gasteiger partial charge in [0.2, 0.25) is 5.91 Å².